The van der Waals surface area contributed by atoms with Crippen LogP contribution in [0.5, 0.6) is 0 Å². The Kier molecular flexibility index (Phi) is 5.58. The molecule has 0 aromatic heterocycles. The second-order valence-corrected chi connectivity index (χ2v) is 6.83. The minimum Gasteiger partial charge on any atom is -0.480 e. The van der Waals surface area contributed by atoms with E-state index >= 15 is 0 Å². The highest BCUT2D eigenvalue weighted by atomic mass is 16.6. The highest BCUT2D eigenvalue weighted by Crippen LogP contribution is 2.19. The number of carboxylic acid groups (broad SMARTS) is 1. The molecular weight excluding hydrogens is 276 g/mol. The van der Waals surface area contributed by atoms with E-state index in [0.717, 1.165) is 0 Å². The van der Waals surface area contributed by atoms with Crippen LogP contribution in [-0.4, -0.2) is 54.1 Å². The van der Waals surface area contributed by atoms with Crippen LogP contribution in [0, 0.1) is 5.92 Å². The molecule has 1 heterocycles. The van der Waals surface area contributed by atoms with Crippen LogP contribution in [0.1, 0.15) is 34.6 Å². The Morgan fingerprint density at radius 2 is 1.90 bits per heavy atom. The first-order valence-corrected chi connectivity index (χ1v) is 7.10. The molecule has 3 N–H and O–H groups in total. The fourth-order valence-corrected chi connectivity index (χ4v) is 1.98. The zero-order chi connectivity index (χ0) is 16.3. The molecule has 0 bridgehead atoms. The van der Waals surface area contributed by atoms with Gasteiger partial charge in [0.05, 0.1) is 18.8 Å². The fourth-order valence-electron chi connectivity index (χ4n) is 1.98. The number of nitrogens with one attached hydrogen (secondary N) is 2. The van der Waals surface area contributed by atoms with E-state index in [1.165, 1.54) is 0 Å². The van der Waals surface area contributed by atoms with Gasteiger partial charge in [-0.15, -0.1) is 0 Å². The molecule has 7 heteroatoms. The predicted molar refractivity (Wildman–Crippen MR) is 77.2 cm³/mol. The first-order chi connectivity index (χ1) is 9.55. The zero-order valence-corrected chi connectivity index (χ0v) is 13.4. The Labute approximate surface area is 125 Å². The summed E-state index contributed by atoms with van der Waals surface area (Å²) in [6.07, 6.45) is -0.521. The summed E-state index contributed by atoms with van der Waals surface area (Å²) in [4.78, 5) is 22.9. The van der Waals surface area contributed by atoms with Crippen LogP contribution in [-0.2, 0) is 14.3 Å². The van der Waals surface area contributed by atoms with Crippen LogP contribution in [0.3, 0.4) is 0 Å². The summed E-state index contributed by atoms with van der Waals surface area (Å²) >= 11 is 0. The van der Waals surface area contributed by atoms with Crippen LogP contribution in [0.15, 0.2) is 0 Å². The highest BCUT2D eigenvalue weighted by Gasteiger charge is 2.42. The quantitative estimate of drug-likeness (QED) is 0.677. The highest BCUT2D eigenvalue weighted by molar-refractivity contribution is 5.74. The molecule has 0 aromatic rings. The van der Waals surface area contributed by atoms with E-state index in [1.54, 1.807) is 20.8 Å². The summed E-state index contributed by atoms with van der Waals surface area (Å²) in [6.45, 7) is 10.0. The normalized spacial score (nSPS) is 18.8. The molecule has 1 fully saturated rings. The third-order valence-electron chi connectivity index (χ3n) is 3.12. The van der Waals surface area contributed by atoms with Gasteiger partial charge in [0.1, 0.15) is 11.6 Å². The molecule has 1 aliphatic heterocycles. The van der Waals surface area contributed by atoms with Crippen molar-refractivity contribution in [3.63, 3.8) is 0 Å². The molecule has 1 saturated heterocycles. The predicted octanol–water partition coefficient (Wildman–Crippen LogP) is 0.979. The van der Waals surface area contributed by atoms with Crippen molar-refractivity contribution >= 4 is 12.1 Å². The van der Waals surface area contributed by atoms with Gasteiger partial charge >= 0.3 is 12.1 Å². The average Bonchev–Trinajstić information content (AvgIpc) is 2.23. The number of amides is 1. The number of alkyl carbamates (subject to hydrolysis) is 1. The van der Waals surface area contributed by atoms with Crippen molar-refractivity contribution in [3.05, 3.63) is 0 Å². The van der Waals surface area contributed by atoms with Gasteiger partial charge in [-0.05, 0) is 26.7 Å². The topological polar surface area (TPSA) is 96.9 Å². The number of aliphatic carboxylic acids is 1. The van der Waals surface area contributed by atoms with E-state index in [1.807, 2.05) is 13.8 Å². The van der Waals surface area contributed by atoms with Crippen molar-refractivity contribution in [2.24, 2.45) is 5.92 Å². The number of rotatable bonds is 6. The van der Waals surface area contributed by atoms with E-state index in [2.05, 4.69) is 10.6 Å². The number of hydrogen-bond donors (Lipinski definition) is 3. The maximum absolute atomic E-state index is 11.7. The molecule has 0 aromatic carbocycles. The number of ether oxygens (including phenoxy) is 2. The Morgan fingerprint density at radius 3 is 2.24 bits per heavy atom. The van der Waals surface area contributed by atoms with Crippen molar-refractivity contribution in [2.75, 3.05) is 19.8 Å². The first-order valence-electron chi connectivity index (χ1n) is 7.10. The van der Waals surface area contributed by atoms with Crippen LogP contribution >= 0.6 is 0 Å². The maximum Gasteiger partial charge on any atom is 0.407 e. The zero-order valence-electron chi connectivity index (χ0n) is 13.4. The second-order valence-electron chi connectivity index (χ2n) is 6.83. The van der Waals surface area contributed by atoms with Crippen molar-refractivity contribution in [1.29, 1.82) is 0 Å². The molecule has 122 valence electrons. The van der Waals surface area contributed by atoms with Gasteiger partial charge < -0.3 is 19.9 Å². The van der Waals surface area contributed by atoms with Gasteiger partial charge in [0.25, 0.3) is 0 Å². The number of carbonyl (C=O) groups is 2. The van der Waals surface area contributed by atoms with E-state index in [9.17, 15) is 14.7 Å². The first kappa shape index (κ1) is 17.7. The minimum atomic E-state index is -0.909. The molecule has 0 unspecified atom stereocenters. The summed E-state index contributed by atoms with van der Waals surface area (Å²) < 4.78 is 10.4. The van der Waals surface area contributed by atoms with Crippen LogP contribution < -0.4 is 10.6 Å². The van der Waals surface area contributed by atoms with E-state index in [4.69, 9.17) is 9.47 Å². The van der Waals surface area contributed by atoms with Gasteiger partial charge in [-0.25, -0.2) is 4.79 Å². The Bertz CT molecular complexity index is 385. The van der Waals surface area contributed by atoms with Crippen LogP contribution in [0.25, 0.3) is 0 Å². The van der Waals surface area contributed by atoms with E-state index < -0.39 is 29.2 Å². The summed E-state index contributed by atoms with van der Waals surface area (Å²) in [5.74, 6) is -0.977. The van der Waals surface area contributed by atoms with Gasteiger partial charge in [-0.3, -0.25) is 10.1 Å². The minimum absolute atomic E-state index is 0.0681. The third kappa shape index (κ3) is 5.51. The molecule has 1 atom stereocenters. The van der Waals surface area contributed by atoms with E-state index in [0.29, 0.717) is 13.2 Å². The smallest absolute Gasteiger partial charge is 0.407 e. The van der Waals surface area contributed by atoms with Gasteiger partial charge in [-0.2, -0.15) is 0 Å². The fraction of sp³-hybridized carbons (Fsp3) is 0.857. The molecule has 1 amide bonds. The maximum atomic E-state index is 11.7. The lowest BCUT2D eigenvalue weighted by Crippen LogP contribution is -2.69. The SMILES string of the molecule is CC(C)[C@@H](NC1(CNC(=O)OC(C)(C)C)COC1)C(=O)O. The average molecular weight is 302 g/mol. The molecule has 1 aliphatic rings. The van der Waals surface area contributed by atoms with Crippen LogP contribution in [0.4, 0.5) is 4.79 Å². The summed E-state index contributed by atoms with van der Waals surface area (Å²) in [5.41, 5.74) is -1.12. The van der Waals surface area contributed by atoms with E-state index in [-0.39, 0.29) is 12.5 Å². The molecule has 0 aliphatic carbocycles. The molecule has 7 nitrogen and oxygen atoms in total. The van der Waals surface area contributed by atoms with Gasteiger partial charge in [-0.1, -0.05) is 13.8 Å². The third-order valence-corrected chi connectivity index (χ3v) is 3.12. The Hall–Kier alpha value is -1.34. The number of carbonyl (C=O) groups excluding carboxylic acids is 1. The van der Waals surface area contributed by atoms with Gasteiger partial charge in [0.2, 0.25) is 0 Å². The molecule has 0 radical (unpaired) electrons. The molecule has 21 heavy (non-hydrogen) atoms. The van der Waals surface area contributed by atoms with Crippen molar-refractivity contribution in [1.82, 2.24) is 10.6 Å². The monoisotopic (exact) mass is 302 g/mol. The molecule has 0 spiro atoms. The summed E-state index contributed by atoms with van der Waals surface area (Å²) in [5, 5.41) is 15.0. The summed E-state index contributed by atoms with van der Waals surface area (Å²) in [7, 11) is 0. The molecule has 0 saturated carbocycles. The Balaban J connectivity index is 2.57. The van der Waals surface area contributed by atoms with Gasteiger partial charge in [0, 0.05) is 6.54 Å². The summed E-state index contributed by atoms with van der Waals surface area (Å²) in [6, 6.07) is -0.686. The lowest BCUT2D eigenvalue weighted by Gasteiger charge is -2.44. The van der Waals surface area contributed by atoms with Crippen LogP contribution in [0.2, 0.25) is 0 Å². The number of hydrogen-bond acceptors (Lipinski definition) is 5. The van der Waals surface area contributed by atoms with Crippen molar-refractivity contribution in [2.45, 2.75) is 51.8 Å². The Morgan fingerprint density at radius 1 is 1.33 bits per heavy atom. The van der Waals surface area contributed by atoms with Gasteiger partial charge in [0.15, 0.2) is 0 Å². The lowest BCUT2D eigenvalue weighted by atomic mass is 9.93. The second kappa shape index (κ2) is 6.62. The van der Waals surface area contributed by atoms with Crippen molar-refractivity contribution < 1.29 is 24.2 Å². The molecule has 1 rings (SSSR count). The van der Waals surface area contributed by atoms with Crippen molar-refractivity contribution in [3.8, 4) is 0 Å². The lowest BCUT2D eigenvalue weighted by molar-refractivity contribution is -0.144. The largest absolute Gasteiger partial charge is 0.480 e. The molecular formula is C14H26N2O5. The number of carboxylic acids is 1. The standard InChI is InChI=1S/C14H26N2O5/c1-9(2)10(11(17)18)16-14(7-20-8-14)6-15-12(19)21-13(3,4)5/h9-10,16H,6-8H2,1-5H3,(H,15,19)(H,17,18)/t10-/m1/s1.